The van der Waals surface area contributed by atoms with Gasteiger partial charge in [-0.2, -0.15) is 5.10 Å². The minimum Gasteiger partial charge on any atom is -0.352 e. The minimum atomic E-state index is -0.533. The molecule has 0 unspecified atom stereocenters. The van der Waals surface area contributed by atoms with E-state index in [1.165, 1.54) is 31.0 Å². The molecule has 140 valence electrons. The number of nitro benzene ring substituents is 1. The number of anilines is 1. The zero-order chi connectivity index (χ0) is 19.0. The molecule has 9 heteroatoms. The third kappa shape index (κ3) is 3.71. The van der Waals surface area contributed by atoms with Crippen LogP contribution < -0.4 is 4.90 Å². The summed E-state index contributed by atoms with van der Waals surface area (Å²) in [4.78, 5) is 26.9. The highest BCUT2D eigenvalue weighted by Gasteiger charge is 2.27. The molecule has 1 aromatic carbocycles. The topological polar surface area (TPSA) is 92.5 Å². The van der Waals surface area contributed by atoms with E-state index in [1.54, 1.807) is 4.90 Å². The van der Waals surface area contributed by atoms with Gasteiger partial charge in [0.15, 0.2) is 5.82 Å². The Balaban J connectivity index is 1.42. The van der Waals surface area contributed by atoms with Gasteiger partial charge in [-0.25, -0.2) is 0 Å². The van der Waals surface area contributed by atoms with E-state index in [4.69, 9.17) is 11.6 Å². The van der Waals surface area contributed by atoms with Crippen LogP contribution in [0.4, 0.5) is 11.5 Å². The Hall–Kier alpha value is -2.74. The van der Waals surface area contributed by atoms with Gasteiger partial charge in [0.1, 0.15) is 0 Å². The molecule has 1 saturated heterocycles. The fourth-order valence-corrected chi connectivity index (χ4v) is 3.40. The summed E-state index contributed by atoms with van der Waals surface area (Å²) in [6.07, 6.45) is 2.38. The highest BCUT2D eigenvalue weighted by atomic mass is 35.5. The zero-order valence-corrected chi connectivity index (χ0v) is 15.3. The van der Waals surface area contributed by atoms with Gasteiger partial charge < -0.3 is 9.80 Å². The summed E-state index contributed by atoms with van der Waals surface area (Å²) in [6.45, 7) is 2.22. The predicted molar refractivity (Wildman–Crippen MR) is 100 cm³/mol. The van der Waals surface area contributed by atoms with E-state index in [1.807, 2.05) is 12.1 Å². The Morgan fingerprint density at radius 3 is 2.44 bits per heavy atom. The minimum absolute atomic E-state index is 0.146. The van der Waals surface area contributed by atoms with Crippen molar-refractivity contribution in [2.75, 3.05) is 31.1 Å². The largest absolute Gasteiger partial charge is 0.352 e. The van der Waals surface area contributed by atoms with Gasteiger partial charge >= 0.3 is 0 Å². The molecule has 2 aromatic rings. The fraction of sp³-hybridized carbons (Fsp3) is 0.389. The van der Waals surface area contributed by atoms with Gasteiger partial charge in [-0.3, -0.25) is 14.9 Å². The normalized spacial score (nSPS) is 17.1. The van der Waals surface area contributed by atoms with E-state index in [0.29, 0.717) is 32.1 Å². The van der Waals surface area contributed by atoms with Crippen LogP contribution in [0, 0.1) is 10.1 Å². The number of nitro groups is 1. The third-order valence-corrected chi connectivity index (χ3v) is 5.28. The summed E-state index contributed by atoms with van der Waals surface area (Å²) in [7, 11) is 0. The number of hydrogen-bond donors (Lipinski definition) is 0. The van der Waals surface area contributed by atoms with Crippen molar-refractivity contribution in [2.24, 2.45) is 0 Å². The zero-order valence-electron chi connectivity index (χ0n) is 14.5. The maximum Gasteiger partial charge on any atom is 0.270 e. The van der Waals surface area contributed by atoms with Gasteiger partial charge in [0.2, 0.25) is 0 Å². The second-order valence-electron chi connectivity index (χ2n) is 6.79. The van der Waals surface area contributed by atoms with Crippen LogP contribution in [0.25, 0.3) is 0 Å². The monoisotopic (exact) mass is 387 g/mol. The van der Waals surface area contributed by atoms with Crippen molar-refractivity contribution in [3.8, 4) is 0 Å². The summed E-state index contributed by atoms with van der Waals surface area (Å²) >= 11 is 6.09. The van der Waals surface area contributed by atoms with Crippen LogP contribution in [0.5, 0.6) is 0 Å². The number of halogens is 1. The van der Waals surface area contributed by atoms with Crippen LogP contribution in [-0.2, 0) is 0 Å². The fourth-order valence-electron chi connectivity index (χ4n) is 3.20. The van der Waals surface area contributed by atoms with Crippen molar-refractivity contribution in [2.45, 2.75) is 18.8 Å². The van der Waals surface area contributed by atoms with E-state index in [9.17, 15) is 14.9 Å². The number of rotatable bonds is 4. The molecule has 1 amide bonds. The molecule has 27 heavy (non-hydrogen) atoms. The van der Waals surface area contributed by atoms with Gasteiger partial charge in [0.05, 0.1) is 21.2 Å². The lowest BCUT2D eigenvalue weighted by atomic mass is 10.1. The molecule has 0 bridgehead atoms. The molecular weight excluding hydrogens is 370 g/mol. The van der Waals surface area contributed by atoms with E-state index >= 15 is 0 Å². The van der Waals surface area contributed by atoms with Crippen LogP contribution in [0.3, 0.4) is 0 Å². The summed E-state index contributed by atoms with van der Waals surface area (Å²) in [5.74, 6) is 1.08. The SMILES string of the molecule is O=C(c1cc([N+](=O)[O-])ccc1Cl)N1CCN(c2ccc(C3CC3)nn2)CC1. The van der Waals surface area contributed by atoms with Crippen LogP contribution in [0.2, 0.25) is 5.02 Å². The van der Waals surface area contributed by atoms with E-state index < -0.39 is 4.92 Å². The average molecular weight is 388 g/mol. The Morgan fingerprint density at radius 1 is 1.11 bits per heavy atom. The average Bonchev–Trinajstić information content (AvgIpc) is 3.53. The van der Waals surface area contributed by atoms with Crippen molar-refractivity contribution in [1.29, 1.82) is 0 Å². The number of benzene rings is 1. The quantitative estimate of drug-likeness (QED) is 0.591. The molecule has 2 fully saturated rings. The second kappa shape index (κ2) is 7.11. The first-order valence-corrected chi connectivity index (χ1v) is 9.22. The first-order valence-electron chi connectivity index (χ1n) is 8.85. The lowest BCUT2D eigenvalue weighted by Crippen LogP contribution is -2.49. The molecule has 0 N–H and O–H groups in total. The molecular formula is C18H18ClN5O3. The summed E-state index contributed by atoms with van der Waals surface area (Å²) in [5, 5.41) is 19.8. The molecule has 0 atom stereocenters. The van der Waals surface area contributed by atoms with Gasteiger partial charge in [0.25, 0.3) is 11.6 Å². The molecule has 1 aromatic heterocycles. The molecule has 4 rings (SSSR count). The highest BCUT2D eigenvalue weighted by molar-refractivity contribution is 6.33. The molecule has 1 aliphatic carbocycles. The summed E-state index contributed by atoms with van der Waals surface area (Å²) in [5.41, 5.74) is 1.06. The van der Waals surface area contributed by atoms with Crippen LogP contribution in [0.15, 0.2) is 30.3 Å². The van der Waals surface area contributed by atoms with Gasteiger partial charge in [-0.1, -0.05) is 11.6 Å². The standard InChI is InChI=1S/C18H18ClN5O3/c19-15-4-3-13(24(26)27)11-14(15)18(25)23-9-7-22(8-10-23)17-6-5-16(20-21-17)12-1-2-12/h3-6,11-12H,1-2,7-10H2. The number of amides is 1. The van der Waals surface area contributed by atoms with Crippen LogP contribution in [-0.4, -0.2) is 52.1 Å². The summed E-state index contributed by atoms with van der Waals surface area (Å²) < 4.78 is 0. The number of carbonyl (C=O) groups is 1. The maximum absolute atomic E-state index is 12.7. The van der Waals surface area contributed by atoms with Crippen molar-refractivity contribution < 1.29 is 9.72 Å². The molecule has 8 nitrogen and oxygen atoms in total. The smallest absolute Gasteiger partial charge is 0.270 e. The molecule has 0 radical (unpaired) electrons. The molecule has 0 spiro atoms. The van der Waals surface area contributed by atoms with Crippen molar-refractivity contribution in [3.05, 3.63) is 56.7 Å². The number of non-ortho nitro benzene ring substituents is 1. The molecule has 1 aliphatic heterocycles. The number of piperazine rings is 1. The first-order chi connectivity index (χ1) is 13.0. The molecule has 2 heterocycles. The Kier molecular flexibility index (Phi) is 4.65. The third-order valence-electron chi connectivity index (χ3n) is 4.95. The Bertz CT molecular complexity index is 877. The maximum atomic E-state index is 12.7. The number of carbonyl (C=O) groups excluding carboxylic acids is 1. The number of aromatic nitrogens is 2. The van der Waals surface area contributed by atoms with Gasteiger partial charge in [-0.15, -0.1) is 5.10 Å². The summed E-state index contributed by atoms with van der Waals surface area (Å²) in [6, 6.07) is 7.93. The Morgan fingerprint density at radius 2 is 1.85 bits per heavy atom. The van der Waals surface area contributed by atoms with Crippen LogP contribution >= 0.6 is 11.6 Å². The van der Waals surface area contributed by atoms with Gasteiger partial charge in [-0.05, 0) is 31.0 Å². The Labute approximate surface area is 160 Å². The van der Waals surface area contributed by atoms with Crippen molar-refractivity contribution >= 4 is 29.0 Å². The number of hydrogen-bond acceptors (Lipinski definition) is 6. The second-order valence-corrected chi connectivity index (χ2v) is 7.20. The lowest BCUT2D eigenvalue weighted by molar-refractivity contribution is -0.384. The van der Waals surface area contributed by atoms with E-state index in [2.05, 4.69) is 15.1 Å². The lowest BCUT2D eigenvalue weighted by Gasteiger charge is -2.35. The van der Waals surface area contributed by atoms with Crippen molar-refractivity contribution in [3.63, 3.8) is 0 Å². The highest BCUT2D eigenvalue weighted by Crippen LogP contribution is 2.38. The molecule has 2 aliphatic rings. The van der Waals surface area contributed by atoms with E-state index in [0.717, 1.165) is 11.5 Å². The molecule has 1 saturated carbocycles. The van der Waals surface area contributed by atoms with E-state index in [-0.39, 0.29) is 22.2 Å². The van der Waals surface area contributed by atoms with Gasteiger partial charge in [0, 0.05) is 44.2 Å². The predicted octanol–water partition coefficient (Wildman–Crippen LogP) is 2.88. The number of nitrogens with zero attached hydrogens (tertiary/aromatic N) is 5. The van der Waals surface area contributed by atoms with Crippen LogP contribution in [0.1, 0.15) is 34.8 Å². The first kappa shape index (κ1) is 17.7. The van der Waals surface area contributed by atoms with Crippen molar-refractivity contribution in [1.82, 2.24) is 15.1 Å².